The zero-order chi connectivity index (χ0) is 21.0. The molecule has 1 saturated heterocycles. The number of anilines is 2. The van der Waals surface area contributed by atoms with Crippen LogP contribution in [-0.2, 0) is 4.74 Å². The molecule has 0 atom stereocenters. The van der Waals surface area contributed by atoms with E-state index < -0.39 is 10.8 Å². The van der Waals surface area contributed by atoms with E-state index in [1.807, 2.05) is 17.9 Å². The molecule has 0 unspecified atom stereocenters. The Labute approximate surface area is 177 Å². The van der Waals surface area contributed by atoms with E-state index in [9.17, 15) is 14.9 Å². The summed E-state index contributed by atoms with van der Waals surface area (Å²) in [5.41, 5.74) is 2.01. The van der Waals surface area contributed by atoms with E-state index in [1.54, 1.807) is 24.3 Å². The maximum Gasteiger partial charge on any atom is 0.293 e. The Kier molecular flexibility index (Phi) is 6.63. The third-order valence-electron chi connectivity index (χ3n) is 4.44. The van der Waals surface area contributed by atoms with Crippen LogP contribution in [0.2, 0.25) is 5.02 Å². The van der Waals surface area contributed by atoms with Crippen molar-refractivity contribution in [2.75, 3.05) is 36.5 Å². The zero-order valence-corrected chi connectivity index (χ0v) is 17.2. The first kappa shape index (κ1) is 21.0. The highest BCUT2D eigenvalue weighted by Gasteiger charge is 2.23. The fraction of sp³-hybridized carbons (Fsp3) is 0.263. The van der Waals surface area contributed by atoms with Crippen molar-refractivity contribution in [3.63, 3.8) is 0 Å². The summed E-state index contributed by atoms with van der Waals surface area (Å²) in [6.07, 6.45) is 0. The molecular weight excluding hydrogens is 416 g/mol. The molecule has 0 radical (unpaired) electrons. The lowest BCUT2D eigenvalue weighted by molar-refractivity contribution is -0.384. The van der Waals surface area contributed by atoms with Gasteiger partial charge in [-0.15, -0.1) is 0 Å². The minimum atomic E-state index is -0.544. The van der Waals surface area contributed by atoms with Gasteiger partial charge in [-0.05, 0) is 49.0 Å². The van der Waals surface area contributed by atoms with E-state index >= 15 is 0 Å². The van der Waals surface area contributed by atoms with Gasteiger partial charge in [0.1, 0.15) is 5.69 Å². The molecule has 29 heavy (non-hydrogen) atoms. The molecule has 3 rings (SSSR count). The van der Waals surface area contributed by atoms with Crippen molar-refractivity contribution in [1.82, 2.24) is 5.32 Å². The number of nitrogens with zero attached hydrogens (tertiary/aromatic N) is 2. The highest BCUT2D eigenvalue weighted by Crippen LogP contribution is 2.30. The average Bonchev–Trinajstić information content (AvgIpc) is 2.70. The molecule has 0 aromatic heterocycles. The molecule has 1 aliphatic rings. The third-order valence-corrected chi connectivity index (χ3v) is 5.05. The lowest BCUT2D eigenvalue weighted by atomic mass is 10.1. The number of hydrogen-bond acceptors (Lipinski definition) is 6. The monoisotopic (exact) mass is 434 g/mol. The summed E-state index contributed by atoms with van der Waals surface area (Å²) >= 11 is 11.2. The van der Waals surface area contributed by atoms with Crippen LogP contribution in [0.15, 0.2) is 36.4 Å². The van der Waals surface area contributed by atoms with Crippen molar-refractivity contribution >= 4 is 51.9 Å². The van der Waals surface area contributed by atoms with Gasteiger partial charge in [0.2, 0.25) is 0 Å². The van der Waals surface area contributed by atoms with Crippen molar-refractivity contribution in [1.29, 1.82) is 0 Å². The van der Waals surface area contributed by atoms with Crippen LogP contribution < -0.4 is 15.5 Å². The Morgan fingerprint density at radius 1 is 1.24 bits per heavy atom. The summed E-state index contributed by atoms with van der Waals surface area (Å²) in [5, 5.41) is 17.6. The van der Waals surface area contributed by atoms with E-state index in [-0.39, 0.29) is 16.4 Å². The van der Waals surface area contributed by atoms with Gasteiger partial charge in [-0.2, -0.15) is 0 Å². The van der Waals surface area contributed by atoms with Crippen LogP contribution in [0.5, 0.6) is 0 Å². The Bertz CT molecular complexity index is 963. The van der Waals surface area contributed by atoms with Gasteiger partial charge in [0.15, 0.2) is 5.11 Å². The molecule has 1 amide bonds. The molecule has 152 valence electrons. The van der Waals surface area contributed by atoms with Crippen LogP contribution in [0.25, 0.3) is 0 Å². The largest absolute Gasteiger partial charge is 0.378 e. The Hall–Kier alpha value is -2.75. The molecule has 8 nitrogen and oxygen atoms in total. The Morgan fingerprint density at radius 2 is 1.97 bits per heavy atom. The van der Waals surface area contributed by atoms with Gasteiger partial charge in [-0.25, -0.2) is 0 Å². The van der Waals surface area contributed by atoms with Crippen molar-refractivity contribution in [3.8, 4) is 0 Å². The van der Waals surface area contributed by atoms with Crippen molar-refractivity contribution in [2.45, 2.75) is 6.92 Å². The topological polar surface area (TPSA) is 96.7 Å². The number of halogens is 1. The van der Waals surface area contributed by atoms with Gasteiger partial charge in [0, 0.05) is 35.4 Å². The Balaban J connectivity index is 1.72. The fourth-order valence-corrected chi connectivity index (χ4v) is 3.28. The number of nitro benzene ring substituents is 1. The maximum absolute atomic E-state index is 12.5. The highest BCUT2D eigenvalue weighted by molar-refractivity contribution is 7.80. The molecule has 2 aromatic carbocycles. The zero-order valence-electron chi connectivity index (χ0n) is 15.6. The summed E-state index contributed by atoms with van der Waals surface area (Å²) in [4.78, 5) is 25.4. The molecule has 0 aliphatic carbocycles. The average molecular weight is 435 g/mol. The molecule has 0 bridgehead atoms. The number of nitro groups is 1. The van der Waals surface area contributed by atoms with Crippen LogP contribution in [-0.4, -0.2) is 42.2 Å². The minimum Gasteiger partial charge on any atom is -0.378 e. The van der Waals surface area contributed by atoms with Gasteiger partial charge in [-0.3, -0.25) is 20.2 Å². The number of carbonyl (C=O) groups is 1. The van der Waals surface area contributed by atoms with E-state index in [4.69, 9.17) is 28.6 Å². The Morgan fingerprint density at radius 3 is 2.62 bits per heavy atom. The fourth-order valence-electron chi connectivity index (χ4n) is 2.89. The second-order valence-corrected chi connectivity index (χ2v) is 7.25. The van der Waals surface area contributed by atoms with Crippen LogP contribution >= 0.6 is 23.8 Å². The van der Waals surface area contributed by atoms with Gasteiger partial charge in [0.25, 0.3) is 11.6 Å². The molecule has 0 saturated carbocycles. The van der Waals surface area contributed by atoms with E-state index in [2.05, 4.69) is 10.6 Å². The molecule has 10 heteroatoms. The van der Waals surface area contributed by atoms with Crippen molar-refractivity contribution in [3.05, 3.63) is 62.7 Å². The number of rotatable bonds is 4. The maximum atomic E-state index is 12.5. The first-order valence-corrected chi connectivity index (χ1v) is 9.63. The quantitative estimate of drug-likeness (QED) is 0.431. The third kappa shape index (κ3) is 5.20. The smallest absolute Gasteiger partial charge is 0.293 e. The molecule has 1 fully saturated rings. The number of thiocarbonyl (C=S) groups is 1. The molecule has 1 aliphatic heterocycles. The van der Waals surface area contributed by atoms with Gasteiger partial charge < -0.3 is 15.0 Å². The minimum absolute atomic E-state index is 0.0647. The summed E-state index contributed by atoms with van der Waals surface area (Å²) in [6.45, 7) is 3.99. The van der Waals surface area contributed by atoms with Crippen molar-refractivity contribution in [2.24, 2.45) is 0 Å². The first-order chi connectivity index (χ1) is 13.8. The van der Waals surface area contributed by atoms with Gasteiger partial charge in [0.05, 0.1) is 18.1 Å². The number of hydrogen-bond donors (Lipinski definition) is 2. The number of nitrogens with one attached hydrogen (secondary N) is 2. The number of ether oxygens (including phenoxy) is 1. The standard InChI is InChI=1S/C19H19ClN4O4S/c1-12-2-4-14(11-15(12)20)21-19(29)22-18(25)13-3-5-16(17(10-13)24(26)27)23-6-8-28-9-7-23/h2-5,10-11H,6-9H2,1H3,(H2,21,22,25,29). The van der Waals surface area contributed by atoms with E-state index in [0.29, 0.717) is 42.7 Å². The van der Waals surface area contributed by atoms with Crippen LogP contribution in [0.1, 0.15) is 15.9 Å². The van der Waals surface area contributed by atoms with Crippen molar-refractivity contribution < 1.29 is 14.5 Å². The summed E-state index contributed by atoms with van der Waals surface area (Å²) in [7, 11) is 0. The summed E-state index contributed by atoms with van der Waals surface area (Å²) in [6, 6.07) is 9.67. The lowest BCUT2D eigenvalue weighted by Gasteiger charge is -2.28. The summed E-state index contributed by atoms with van der Waals surface area (Å²) < 4.78 is 5.28. The van der Waals surface area contributed by atoms with Gasteiger partial charge >= 0.3 is 0 Å². The molecule has 2 N–H and O–H groups in total. The second-order valence-electron chi connectivity index (χ2n) is 6.43. The van der Waals surface area contributed by atoms with Gasteiger partial charge in [-0.1, -0.05) is 17.7 Å². The highest BCUT2D eigenvalue weighted by atomic mass is 35.5. The predicted octanol–water partition coefficient (Wildman–Crippen LogP) is 3.52. The van der Waals surface area contributed by atoms with E-state index in [0.717, 1.165) is 5.56 Å². The molecule has 1 heterocycles. The lowest BCUT2D eigenvalue weighted by Crippen LogP contribution is -2.37. The number of amides is 1. The second kappa shape index (κ2) is 9.17. The number of aryl methyl sites for hydroxylation is 1. The molecular formula is C19H19ClN4O4S. The summed E-state index contributed by atoms with van der Waals surface area (Å²) in [5.74, 6) is -0.544. The normalized spacial score (nSPS) is 13.7. The van der Waals surface area contributed by atoms with E-state index in [1.165, 1.54) is 6.07 Å². The van der Waals surface area contributed by atoms with Crippen LogP contribution in [0.3, 0.4) is 0 Å². The predicted molar refractivity (Wildman–Crippen MR) is 116 cm³/mol. The number of morpholine rings is 1. The number of benzene rings is 2. The first-order valence-electron chi connectivity index (χ1n) is 8.85. The van der Waals surface area contributed by atoms with Crippen LogP contribution in [0, 0.1) is 17.0 Å². The van der Waals surface area contributed by atoms with Crippen LogP contribution in [0.4, 0.5) is 17.1 Å². The SMILES string of the molecule is Cc1ccc(NC(=S)NC(=O)c2ccc(N3CCOCC3)c([N+](=O)[O-])c2)cc1Cl. The molecule has 0 spiro atoms. The number of carbonyl (C=O) groups excluding carboxylic acids is 1. The molecule has 2 aromatic rings.